The topological polar surface area (TPSA) is 99.6 Å². The number of aromatic amines is 1. The first-order valence-electron chi connectivity index (χ1n) is 8.86. The zero-order valence-electron chi connectivity index (χ0n) is 15.1. The molecule has 1 atom stereocenters. The highest BCUT2D eigenvalue weighted by atomic mass is 35.5. The molecule has 2 N–H and O–H groups in total. The smallest absolute Gasteiger partial charge is 0.272 e. The van der Waals surface area contributed by atoms with Crippen LogP contribution in [0.3, 0.4) is 0 Å². The van der Waals surface area contributed by atoms with Crippen LogP contribution in [0.15, 0.2) is 41.3 Å². The number of hydrogen-bond acceptors (Lipinski definition) is 4. The van der Waals surface area contributed by atoms with E-state index in [-0.39, 0.29) is 34.5 Å². The van der Waals surface area contributed by atoms with Crippen molar-refractivity contribution in [3.63, 3.8) is 0 Å². The fourth-order valence-electron chi connectivity index (χ4n) is 3.39. The van der Waals surface area contributed by atoms with E-state index in [2.05, 4.69) is 15.4 Å². The Labute approximate surface area is 165 Å². The van der Waals surface area contributed by atoms with Gasteiger partial charge in [-0.3, -0.25) is 19.5 Å². The Hall–Kier alpha value is -3.13. The van der Waals surface area contributed by atoms with E-state index in [1.807, 2.05) is 0 Å². The predicted molar refractivity (Wildman–Crippen MR) is 105 cm³/mol. The fourth-order valence-corrected chi connectivity index (χ4v) is 3.52. The minimum Gasteiger partial charge on any atom is -0.342 e. The van der Waals surface area contributed by atoms with Gasteiger partial charge in [-0.1, -0.05) is 11.6 Å². The van der Waals surface area contributed by atoms with Crippen molar-refractivity contribution < 1.29 is 9.59 Å². The van der Waals surface area contributed by atoms with E-state index < -0.39 is 0 Å². The van der Waals surface area contributed by atoms with Crippen molar-refractivity contribution >= 4 is 34.7 Å². The molecule has 9 heteroatoms. The lowest BCUT2D eigenvalue weighted by Crippen LogP contribution is -2.26. The van der Waals surface area contributed by atoms with E-state index in [0.29, 0.717) is 29.5 Å². The van der Waals surface area contributed by atoms with E-state index in [9.17, 15) is 14.4 Å². The van der Waals surface area contributed by atoms with Crippen LogP contribution in [0.5, 0.6) is 0 Å². The van der Waals surface area contributed by atoms with Gasteiger partial charge in [0.2, 0.25) is 5.91 Å². The number of anilines is 1. The molecule has 1 aliphatic rings. The first kappa shape index (κ1) is 18.2. The van der Waals surface area contributed by atoms with Crippen LogP contribution in [-0.4, -0.2) is 44.4 Å². The molecule has 0 unspecified atom stereocenters. The molecule has 0 spiro atoms. The maximum absolute atomic E-state index is 12.7. The second-order valence-corrected chi connectivity index (χ2v) is 7.21. The molecule has 0 radical (unpaired) electrons. The predicted octanol–water partition coefficient (Wildman–Crippen LogP) is 2.26. The molecule has 2 amide bonds. The Balaban J connectivity index is 1.65. The molecule has 8 nitrogen and oxygen atoms in total. The number of aromatic nitrogens is 3. The molecule has 0 aliphatic carbocycles. The lowest BCUT2D eigenvalue weighted by molar-refractivity contribution is -0.127. The van der Waals surface area contributed by atoms with Gasteiger partial charge in [-0.2, -0.15) is 0 Å². The quantitative estimate of drug-likeness (QED) is 0.705. The lowest BCUT2D eigenvalue weighted by atomic mass is 10.0. The molecule has 0 saturated carbocycles. The number of nitrogens with zero attached hydrogens (tertiary/aromatic N) is 3. The molecule has 1 saturated heterocycles. The van der Waals surface area contributed by atoms with Crippen LogP contribution in [0, 0.1) is 0 Å². The van der Waals surface area contributed by atoms with Gasteiger partial charge in [0.15, 0.2) is 5.65 Å². The number of nitrogens with one attached hydrogen (secondary N) is 2. The summed E-state index contributed by atoms with van der Waals surface area (Å²) in [4.78, 5) is 43.0. The number of rotatable bonds is 3. The average Bonchev–Trinajstić information content (AvgIpc) is 3.31. The number of likely N-dealkylation sites (tertiary alicyclic amines) is 1. The summed E-state index contributed by atoms with van der Waals surface area (Å²) in [6, 6.07) is 8.19. The third kappa shape index (κ3) is 3.38. The van der Waals surface area contributed by atoms with Crippen molar-refractivity contribution in [2.45, 2.75) is 19.3 Å². The number of benzene rings is 1. The van der Waals surface area contributed by atoms with Crippen LogP contribution in [0.1, 0.15) is 35.3 Å². The first-order valence-corrected chi connectivity index (χ1v) is 9.23. The van der Waals surface area contributed by atoms with E-state index in [0.717, 1.165) is 6.42 Å². The van der Waals surface area contributed by atoms with Gasteiger partial charge in [0.25, 0.3) is 11.5 Å². The Kier molecular flexibility index (Phi) is 4.64. The van der Waals surface area contributed by atoms with E-state index in [4.69, 9.17) is 11.6 Å². The normalized spacial score (nSPS) is 16.5. The average molecular weight is 400 g/mol. The Bertz CT molecular complexity index is 1120. The maximum atomic E-state index is 12.7. The number of amides is 2. The summed E-state index contributed by atoms with van der Waals surface area (Å²) in [5.74, 6) is -0.407. The lowest BCUT2D eigenvalue weighted by Gasteiger charge is -2.13. The summed E-state index contributed by atoms with van der Waals surface area (Å²) in [7, 11) is 0. The summed E-state index contributed by atoms with van der Waals surface area (Å²) in [6.07, 6.45) is 2.19. The number of hydrogen-bond donors (Lipinski definition) is 2. The number of carbonyl (C=O) groups is 2. The number of carbonyl (C=O) groups excluding carboxylic acids is 2. The summed E-state index contributed by atoms with van der Waals surface area (Å²) in [5, 5.41) is 6.11. The SMILES string of the molecule is CC(=O)N1CC[C@H](c2cc(=O)n3[nH]cc(C(=O)Nc4ccc(Cl)cc4)c3n2)C1. The third-order valence-corrected chi connectivity index (χ3v) is 5.17. The fraction of sp³-hybridized carbons (Fsp3) is 0.263. The van der Waals surface area contributed by atoms with E-state index >= 15 is 0 Å². The number of halogens is 1. The number of fused-ring (bicyclic) bond motifs is 1. The van der Waals surface area contributed by atoms with Gasteiger partial charge in [-0.25, -0.2) is 9.50 Å². The second-order valence-electron chi connectivity index (χ2n) is 6.78. The molecule has 3 heterocycles. The minimum absolute atomic E-state index is 0.00461. The van der Waals surface area contributed by atoms with Gasteiger partial charge in [-0.05, 0) is 30.7 Å². The molecule has 144 valence electrons. The maximum Gasteiger partial charge on any atom is 0.272 e. The highest BCUT2D eigenvalue weighted by Crippen LogP contribution is 2.26. The molecule has 1 aromatic carbocycles. The van der Waals surface area contributed by atoms with Gasteiger partial charge >= 0.3 is 0 Å². The van der Waals surface area contributed by atoms with E-state index in [1.54, 1.807) is 29.2 Å². The highest BCUT2D eigenvalue weighted by Gasteiger charge is 2.28. The summed E-state index contributed by atoms with van der Waals surface area (Å²) < 4.78 is 1.23. The highest BCUT2D eigenvalue weighted by molar-refractivity contribution is 6.30. The molecule has 28 heavy (non-hydrogen) atoms. The van der Waals surface area contributed by atoms with Crippen LogP contribution in [0.25, 0.3) is 5.65 Å². The van der Waals surface area contributed by atoms with Gasteiger partial charge in [-0.15, -0.1) is 0 Å². The molecule has 2 aromatic heterocycles. The van der Waals surface area contributed by atoms with Gasteiger partial charge < -0.3 is 10.2 Å². The van der Waals surface area contributed by atoms with Crippen LogP contribution >= 0.6 is 11.6 Å². The standard InChI is InChI=1S/C19H18ClN5O3/c1-11(26)24-7-6-12(10-24)16-8-17(27)25-18(23-16)15(9-21-25)19(28)22-14-4-2-13(20)3-5-14/h2-5,8-9,12,21H,6-7,10H2,1H3,(H,22,28)/t12-/m0/s1. The minimum atomic E-state index is -0.387. The van der Waals surface area contributed by atoms with Crippen molar-refractivity contribution in [1.29, 1.82) is 0 Å². The molecule has 3 aromatic rings. The summed E-state index contributed by atoms with van der Waals surface area (Å²) in [6.45, 7) is 2.69. The molecule has 1 fully saturated rings. The molecule has 1 aliphatic heterocycles. The Morgan fingerprint density at radius 2 is 2.04 bits per heavy atom. The van der Waals surface area contributed by atoms with Crippen molar-refractivity contribution in [2.75, 3.05) is 18.4 Å². The van der Waals surface area contributed by atoms with Crippen molar-refractivity contribution in [1.82, 2.24) is 19.5 Å². The summed E-state index contributed by atoms with van der Waals surface area (Å²) >= 11 is 5.86. The zero-order valence-corrected chi connectivity index (χ0v) is 15.9. The summed E-state index contributed by atoms with van der Waals surface area (Å²) in [5.41, 5.74) is 1.39. The Morgan fingerprint density at radius 1 is 1.29 bits per heavy atom. The van der Waals surface area contributed by atoms with Crippen LogP contribution in [0.4, 0.5) is 5.69 Å². The molecule has 0 bridgehead atoms. The van der Waals surface area contributed by atoms with Gasteiger partial charge in [0.1, 0.15) is 5.56 Å². The largest absolute Gasteiger partial charge is 0.342 e. The van der Waals surface area contributed by atoms with Crippen LogP contribution in [-0.2, 0) is 4.79 Å². The number of H-pyrrole nitrogens is 1. The molecular weight excluding hydrogens is 382 g/mol. The monoisotopic (exact) mass is 399 g/mol. The Morgan fingerprint density at radius 3 is 2.71 bits per heavy atom. The van der Waals surface area contributed by atoms with Gasteiger partial charge in [0, 0.05) is 48.9 Å². The van der Waals surface area contributed by atoms with Crippen LogP contribution in [0.2, 0.25) is 5.02 Å². The third-order valence-electron chi connectivity index (χ3n) is 4.92. The second kappa shape index (κ2) is 7.12. The van der Waals surface area contributed by atoms with E-state index in [1.165, 1.54) is 23.7 Å². The van der Waals surface area contributed by atoms with Crippen molar-refractivity contribution in [2.24, 2.45) is 0 Å². The van der Waals surface area contributed by atoms with Crippen molar-refractivity contribution in [3.8, 4) is 0 Å². The first-order chi connectivity index (χ1) is 13.4. The van der Waals surface area contributed by atoms with Crippen molar-refractivity contribution in [3.05, 3.63) is 63.2 Å². The van der Waals surface area contributed by atoms with Crippen LogP contribution < -0.4 is 10.9 Å². The molecular formula is C19H18ClN5O3. The molecule has 4 rings (SSSR count). The zero-order chi connectivity index (χ0) is 19.8. The van der Waals surface area contributed by atoms with Gasteiger partial charge in [0.05, 0.1) is 5.69 Å².